The fourth-order valence-corrected chi connectivity index (χ4v) is 3.79. The average molecular weight is 441 g/mol. The standard InChI is InChI=1S/C31H36O2/c1-3-5-6-7-8-9-10-11-25-33-31-22-18-29(19-23-31)27-14-12-26(13-15-27)28-16-20-30(21-17-28)32-24-4-2/h1,12-23H,4-11,24-25H2,2H3. The van der Waals surface area contributed by atoms with Crippen molar-refractivity contribution in [2.75, 3.05) is 13.2 Å². The molecule has 0 saturated carbocycles. The molecule has 0 N–H and O–H groups in total. The molecule has 0 aromatic heterocycles. The highest BCUT2D eigenvalue weighted by Gasteiger charge is 2.03. The average Bonchev–Trinajstić information content (AvgIpc) is 2.87. The maximum Gasteiger partial charge on any atom is 0.119 e. The number of terminal acetylenes is 1. The molecule has 3 aromatic rings. The molecule has 0 spiro atoms. The van der Waals surface area contributed by atoms with Gasteiger partial charge in [-0.25, -0.2) is 0 Å². The van der Waals surface area contributed by atoms with E-state index < -0.39 is 0 Å². The minimum atomic E-state index is 0.756. The van der Waals surface area contributed by atoms with Gasteiger partial charge in [0.15, 0.2) is 0 Å². The number of unbranched alkanes of at least 4 members (excludes halogenated alkanes) is 6. The van der Waals surface area contributed by atoms with Crippen molar-refractivity contribution in [3.05, 3.63) is 72.8 Å². The summed E-state index contributed by atoms with van der Waals surface area (Å²) in [4.78, 5) is 0. The molecule has 0 bridgehead atoms. The van der Waals surface area contributed by atoms with Gasteiger partial charge < -0.3 is 9.47 Å². The zero-order valence-electron chi connectivity index (χ0n) is 19.9. The maximum atomic E-state index is 5.92. The zero-order chi connectivity index (χ0) is 23.1. The summed E-state index contributed by atoms with van der Waals surface area (Å²) in [5.74, 6) is 4.57. The maximum absolute atomic E-state index is 5.92. The summed E-state index contributed by atoms with van der Waals surface area (Å²) in [5, 5.41) is 0. The third-order valence-corrected chi connectivity index (χ3v) is 5.72. The van der Waals surface area contributed by atoms with E-state index in [1.54, 1.807) is 0 Å². The monoisotopic (exact) mass is 440 g/mol. The Labute approximate surface area is 200 Å². The molecule has 0 aliphatic carbocycles. The van der Waals surface area contributed by atoms with Crippen LogP contribution < -0.4 is 9.47 Å². The summed E-state index contributed by atoms with van der Waals surface area (Å²) in [6.45, 7) is 3.65. The molecule has 0 aliphatic heterocycles. The molecule has 0 amide bonds. The fourth-order valence-electron chi connectivity index (χ4n) is 3.79. The lowest BCUT2D eigenvalue weighted by atomic mass is 10.0. The molecule has 0 unspecified atom stereocenters. The second kappa shape index (κ2) is 14.1. The SMILES string of the molecule is C#CCCCCCCCCOc1ccc(-c2ccc(-c3ccc(OCCC)cc3)cc2)cc1. The van der Waals surface area contributed by atoms with Crippen molar-refractivity contribution in [3.63, 3.8) is 0 Å². The molecule has 0 saturated heterocycles. The van der Waals surface area contributed by atoms with E-state index in [2.05, 4.69) is 73.5 Å². The van der Waals surface area contributed by atoms with Gasteiger partial charge in [-0.15, -0.1) is 12.3 Å². The number of rotatable bonds is 14. The van der Waals surface area contributed by atoms with Crippen molar-refractivity contribution in [1.29, 1.82) is 0 Å². The van der Waals surface area contributed by atoms with Gasteiger partial charge in [-0.2, -0.15) is 0 Å². The van der Waals surface area contributed by atoms with Gasteiger partial charge in [0.2, 0.25) is 0 Å². The number of hydrogen-bond donors (Lipinski definition) is 0. The van der Waals surface area contributed by atoms with Crippen LogP contribution in [0.1, 0.15) is 58.3 Å². The first-order chi connectivity index (χ1) is 16.3. The van der Waals surface area contributed by atoms with Gasteiger partial charge in [0, 0.05) is 6.42 Å². The van der Waals surface area contributed by atoms with Crippen molar-refractivity contribution in [1.82, 2.24) is 0 Å². The van der Waals surface area contributed by atoms with E-state index >= 15 is 0 Å². The Balaban J connectivity index is 1.43. The number of hydrogen-bond acceptors (Lipinski definition) is 2. The van der Waals surface area contributed by atoms with Crippen LogP contribution in [-0.4, -0.2) is 13.2 Å². The molecule has 0 aliphatic rings. The predicted molar refractivity (Wildman–Crippen MR) is 140 cm³/mol. The second-order valence-electron chi connectivity index (χ2n) is 8.40. The Morgan fingerprint density at radius 2 is 0.939 bits per heavy atom. The molecule has 0 radical (unpaired) electrons. The smallest absolute Gasteiger partial charge is 0.119 e. The molecule has 2 heteroatoms. The number of ether oxygens (including phenoxy) is 2. The molecule has 0 fully saturated rings. The molecule has 3 aromatic carbocycles. The molecular formula is C31H36O2. The summed E-state index contributed by atoms with van der Waals surface area (Å²) >= 11 is 0. The first-order valence-electron chi connectivity index (χ1n) is 12.3. The van der Waals surface area contributed by atoms with Crippen molar-refractivity contribution >= 4 is 0 Å². The molecule has 172 valence electrons. The summed E-state index contributed by atoms with van der Waals surface area (Å²) in [6.07, 6.45) is 14.5. The zero-order valence-corrected chi connectivity index (χ0v) is 19.9. The van der Waals surface area contributed by atoms with Crippen LogP contribution in [0.2, 0.25) is 0 Å². The molecule has 0 heterocycles. The van der Waals surface area contributed by atoms with Crippen LogP contribution in [0.25, 0.3) is 22.3 Å². The van der Waals surface area contributed by atoms with Gasteiger partial charge >= 0.3 is 0 Å². The van der Waals surface area contributed by atoms with Crippen LogP contribution in [0.15, 0.2) is 72.8 Å². The summed E-state index contributed by atoms with van der Waals surface area (Å²) < 4.78 is 11.6. The van der Waals surface area contributed by atoms with Crippen LogP contribution in [0.5, 0.6) is 11.5 Å². The minimum Gasteiger partial charge on any atom is -0.494 e. The van der Waals surface area contributed by atoms with Gasteiger partial charge in [-0.05, 0) is 65.8 Å². The van der Waals surface area contributed by atoms with Gasteiger partial charge in [-0.1, -0.05) is 81.1 Å². The van der Waals surface area contributed by atoms with E-state index in [-0.39, 0.29) is 0 Å². The Morgan fingerprint density at radius 1 is 0.545 bits per heavy atom. The van der Waals surface area contributed by atoms with E-state index in [1.165, 1.54) is 47.9 Å². The fraction of sp³-hybridized carbons (Fsp3) is 0.355. The molecular weight excluding hydrogens is 404 g/mol. The van der Waals surface area contributed by atoms with E-state index in [0.29, 0.717) is 0 Å². The van der Waals surface area contributed by atoms with Crippen LogP contribution in [-0.2, 0) is 0 Å². The molecule has 0 atom stereocenters. The normalized spacial score (nSPS) is 10.5. The summed E-state index contributed by atoms with van der Waals surface area (Å²) in [7, 11) is 0. The Hall–Kier alpha value is -3.18. The van der Waals surface area contributed by atoms with Crippen molar-refractivity contribution in [2.24, 2.45) is 0 Å². The third kappa shape index (κ3) is 8.35. The Bertz CT molecular complexity index is 963. The number of benzene rings is 3. The second-order valence-corrected chi connectivity index (χ2v) is 8.40. The van der Waals surface area contributed by atoms with Crippen molar-refractivity contribution in [3.8, 4) is 46.1 Å². The predicted octanol–water partition coefficient (Wildman–Crippen LogP) is 8.55. The molecule has 2 nitrogen and oxygen atoms in total. The minimum absolute atomic E-state index is 0.756. The van der Waals surface area contributed by atoms with Crippen LogP contribution in [0, 0.1) is 12.3 Å². The lowest BCUT2D eigenvalue weighted by Crippen LogP contribution is -1.97. The van der Waals surface area contributed by atoms with Gasteiger partial charge in [0.1, 0.15) is 11.5 Å². The molecule has 33 heavy (non-hydrogen) atoms. The largest absolute Gasteiger partial charge is 0.494 e. The van der Waals surface area contributed by atoms with Gasteiger partial charge in [-0.3, -0.25) is 0 Å². The van der Waals surface area contributed by atoms with Crippen LogP contribution in [0.3, 0.4) is 0 Å². The van der Waals surface area contributed by atoms with Gasteiger partial charge in [0.25, 0.3) is 0 Å². The Morgan fingerprint density at radius 3 is 1.39 bits per heavy atom. The van der Waals surface area contributed by atoms with Crippen LogP contribution >= 0.6 is 0 Å². The topological polar surface area (TPSA) is 18.5 Å². The van der Waals surface area contributed by atoms with Crippen molar-refractivity contribution in [2.45, 2.75) is 58.3 Å². The Kier molecular flexibility index (Phi) is 10.4. The lowest BCUT2D eigenvalue weighted by molar-refractivity contribution is 0.304. The summed E-state index contributed by atoms with van der Waals surface area (Å²) in [6, 6.07) is 25.4. The van der Waals surface area contributed by atoms with Crippen LogP contribution in [0.4, 0.5) is 0 Å². The van der Waals surface area contributed by atoms with Gasteiger partial charge in [0.05, 0.1) is 13.2 Å². The lowest BCUT2D eigenvalue weighted by Gasteiger charge is -2.09. The first-order valence-corrected chi connectivity index (χ1v) is 12.3. The highest BCUT2D eigenvalue weighted by Crippen LogP contribution is 2.27. The van der Waals surface area contributed by atoms with E-state index in [4.69, 9.17) is 15.9 Å². The van der Waals surface area contributed by atoms with E-state index in [1.807, 2.05) is 12.1 Å². The summed E-state index contributed by atoms with van der Waals surface area (Å²) in [5.41, 5.74) is 4.81. The van der Waals surface area contributed by atoms with E-state index in [9.17, 15) is 0 Å². The third-order valence-electron chi connectivity index (χ3n) is 5.72. The van der Waals surface area contributed by atoms with E-state index in [0.717, 1.165) is 50.4 Å². The first kappa shape index (κ1) is 24.5. The molecule has 3 rings (SSSR count). The highest BCUT2D eigenvalue weighted by atomic mass is 16.5. The van der Waals surface area contributed by atoms with Crippen molar-refractivity contribution < 1.29 is 9.47 Å². The quantitative estimate of drug-likeness (QED) is 0.185. The highest BCUT2D eigenvalue weighted by molar-refractivity contribution is 5.71.